The van der Waals surface area contributed by atoms with E-state index in [0.717, 1.165) is 73.1 Å². The number of hydrogen-bond donors (Lipinski definition) is 1. The zero-order valence-electron chi connectivity index (χ0n) is 27.2. The van der Waals surface area contributed by atoms with Gasteiger partial charge in [0.15, 0.2) is 5.16 Å². The van der Waals surface area contributed by atoms with Crippen molar-refractivity contribution in [3.05, 3.63) is 76.6 Å². The second-order valence-corrected chi connectivity index (χ2v) is 15.0. The molecule has 10 heteroatoms. The number of nitrogens with zero attached hydrogens (tertiary/aromatic N) is 3. The number of halogens is 1. The number of ketones is 1. The summed E-state index contributed by atoms with van der Waals surface area (Å²) in [5, 5.41) is 13.1. The lowest BCUT2D eigenvalue weighted by Gasteiger charge is -2.45. The number of rotatable bonds is 12. The number of methoxy groups -OCH3 is 1. The molecule has 2 aliphatic carbocycles. The summed E-state index contributed by atoms with van der Waals surface area (Å²) in [6.45, 7) is 4.07. The molecule has 47 heavy (non-hydrogen) atoms. The molecule has 1 aliphatic heterocycles. The Morgan fingerprint density at radius 2 is 2.02 bits per heavy atom. The highest BCUT2D eigenvalue weighted by Gasteiger charge is 2.44. The predicted molar refractivity (Wildman–Crippen MR) is 185 cm³/mol. The summed E-state index contributed by atoms with van der Waals surface area (Å²) < 4.78 is 11.6. The van der Waals surface area contributed by atoms with Gasteiger partial charge in [-0.3, -0.25) is 4.79 Å². The van der Waals surface area contributed by atoms with Crippen LogP contribution in [0.25, 0.3) is 0 Å². The molecule has 0 amide bonds. The van der Waals surface area contributed by atoms with Crippen molar-refractivity contribution in [2.45, 2.75) is 86.6 Å². The fraction of sp³-hybridized carbons (Fsp3) is 0.514. The number of aryl methyl sites for hydroxylation is 1. The Bertz CT molecular complexity index is 1570. The number of esters is 1. The number of hydrogen-bond acceptors (Lipinski definition) is 9. The molecule has 0 bridgehead atoms. The monoisotopic (exact) mass is 677 g/mol. The van der Waals surface area contributed by atoms with Gasteiger partial charge in [0.25, 0.3) is 0 Å². The second kappa shape index (κ2) is 15.0. The molecule has 2 aromatic carbocycles. The first-order valence-corrected chi connectivity index (χ1v) is 18.1. The van der Waals surface area contributed by atoms with Crippen molar-refractivity contribution in [2.75, 3.05) is 31.7 Å². The quantitative estimate of drug-likeness (QED) is 0.122. The van der Waals surface area contributed by atoms with Crippen LogP contribution in [0.3, 0.4) is 0 Å². The first-order valence-electron chi connectivity index (χ1n) is 16.8. The second-order valence-electron chi connectivity index (χ2n) is 13.3. The minimum atomic E-state index is -0.679. The van der Waals surface area contributed by atoms with Gasteiger partial charge in [-0.2, -0.15) is 0 Å². The average Bonchev–Trinajstić information content (AvgIpc) is 3.21. The highest BCUT2D eigenvalue weighted by Crippen LogP contribution is 2.47. The fourth-order valence-corrected chi connectivity index (χ4v) is 8.76. The Kier molecular flexibility index (Phi) is 10.7. The molecule has 2 heterocycles. The van der Waals surface area contributed by atoms with E-state index in [1.165, 1.54) is 18.2 Å². The third-order valence-corrected chi connectivity index (χ3v) is 11.9. The number of aliphatic hydroxyl groups excluding tert-OH is 1. The van der Waals surface area contributed by atoms with Crippen LogP contribution in [0.15, 0.2) is 60.0 Å². The topological polar surface area (TPSA) is 102 Å². The molecule has 0 radical (unpaired) electrons. The number of carbonyl (C=O) groups excluding carboxylic acids is 2. The number of Topliss-reactive ketones (excluding diaryl/α,β-unsaturated/α-hetero) is 1. The van der Waals surface area contributed by atoms with E-state index in [1.54, 1.807) is 36.3 Å². The number of aliphatic hydroxyl groups is 1. The number of fused-ring (bicyclic) bond motifs is 3. The summed E-state index contributed by atoms with van der Waals surface area (Å²) in [5.41, 5.74) is 3.65. The molecule has 1 spiro atoms. The molecule has 6 rings (SSSR count). The number of carbonyl (C=O) groups is 2. The van der Waals surface area contributed by atoms with Gasteiger partial charge in [0.2, 0.25) is 0 Å². The van der Waals surface area contributed by atoms with Gasteiger partial charge < -0.3 is 19.5 Å². The van der Waals surface area contributed by atoms with E-state index < -0.39 is 6.10 Å². The van der Waals surface area contributed by atoms with Gasteiger partial charge in [-0.05, 0) is 104 Å². The molecular formula is C37H44ClN3O5S. The van der Waals surface area contributed by atoms with Crippen molar-refractivity contribution in [2.24, 2.45) is 11.8 Å². The van der Waals surface area contributed by atoms with Crippen molar-refractivity contribution in [3.8, 4) is 5.75 Å². The molecule has 2 unspecified atom stereocenters. The van der Waals surface area contributed by atoms with Crippen LogP contribution in [0, 0.1) is 11.8 Å². The third kappa shape index (κ3) is 7.63. The summed E-state index contributed by atoms with van der Waals surface area (Å²) in [7, 11) is 1.39. The van der Waals surface area contributed by atoms with E-state index in [-0.39, 0.29) is 40.7 Å². The molecule has 3 aliphatic rings. The number of thioether (sulfide) groups is 1. The van der Waals surface area contributed by atoms with Gasteiger partial charge in [0.05, 0.1) is 31.1 Å². The molecular weight excluding hydrogens is 634 g/mol. The molecule has 1 N–H and O–H groups in total. The Morgan fingerprint density at radius 3 is 2.77 bits per heavy atom. The SMILES string of the molecule is CCC(CCC(=O)CC(O)[C@@H]1CC[C@H]1CN1C[C@@]2(CCCc3cc(Cl)ccc32)COc2ccc(C(=O)OC)cc21)Sc1ncccn1. The van der Waals surface area contributed by atoms with E-state index in [0.29, 0.717) is 25.1 Å². The molecule has 5 atom stereocenters. The maximum atomic E-state index is 13.1. The molecule has 1 fully saturated rings. The van der Waals surface area contributed by atoms with Gasteiger partial charge in [0, 0.05) is 54.0 Å². The van der Waals surface area contributed by atoms with Crippen molar-refractivity contribution in [1.29, 1.82) is 0 Å². The van der Waals surface area contributed by atoms with E-state index in [1.807, 2.05) is 18.2 Å². The molecule has 8 nitrogen and oxygen atoms in total. The normalized spacial score (nSPS) is 23.0. The Labute approximate surface area is 286 Å². The highest BCUT2D eigenvalue weighted by atomic mass is 35.5. The largest absolute Gasteiger partial charge is 0.490 e. The van der Waals surface area contributed by atoms with Crippen molar-refractivity contribution < 1.29 is 24.2 Å². The van der Waals surface area contributed by atoms with Crippen LogP contribution in [0.2, 0.25) is 5.02 Å². The zero-order valence-corrected chi connectivity index (χ0v) is 28.8. The molecule has 1 aromatic heterocycles. The van der Waals surface area contributed by atoms with E-state index in [9.17, 15) is 14.7 Å². The van der Waals surface area contributed by atoms with Crippen LogP contribution in [0.4, 0.5) is 5.69 Å². The van der Waals surface area contributed by atoms with Gasteiger partial charge in [-0.25, -0.2) is 14.8 Å². The molecule has 0 saturated heterocycles. The fourth-order valence-electron chi connectivity index (χ4n) is 7.62. The number of benzene rings is 2. The van der Waals surface area contributed by atoms with Crippen molar-refractivity contribution >= 4 is 40.8 Å². The van der Waals surface area contributed by atoms with E-state index >= 15 is 0 Å². The van der Waals surface area contributed by atoms with Crippen LogP contribution in [-0.2, 0) is 21.4 Å². The summed E-state index contributed by atoms with van der Waals surface area (Å²) >= 11 is 8.02. The van der Waals surface area contributed by atoms with Crippen molar-refractivity contribution in [3.63, 3.8) is 0 Å². The predicted octanol–water partition coefficient (Wildman–Crippen LogP) is 7.09. The van der Waals surface area contributed by atoms with Crippen LogP contribution >= 0.6 is 23.4 Å². The number of ether oxygens (including phenoxy) is 2. The van der Waals surface area contributed by atoms with Crippen LogP contribution < -0.4 is 9.64 Å². The summed E-state index contributed by atoms with van der Waals surface area (Å²) in [4.78, 5) is 36.6. The van der Waals surface area contributed by atoms with Crippen LogP contribution in [0.5, 0.6) is 5.75 Å². The zero-order chi connectivity index (χ0) is 33.0. The maximum absolute atomic E-state index is 13.1. The van der Waals surface area contributed by atoms with Gasteiger partial charge in [-0.1, -0.05) is 36.4 Å². The summed E-state index contributed by atoms with van der Waals surface area (Å²) in [6, 6.07) is 13.5. The van der Waals surface area contributed by atoms with Gasteiger partial charge >= 0.3 is 5.97 Å². The maximum Gasteiger partial charge on any atom is 0.337 e. The standard InChI is InChI=1S/C37H44ClN3O5S/c1-3-29(47-36-39-16-5-17-40-36)11-10-28(42)20-33(43)30-12-7-26(30)21-41-22-37(15-4-6-24-18-27(38)9-13-31(24)37)23-46-34-14-8-25(19-32(34)41)35(44)45-2/h5,8-9,13-14,16-19,26,29-30,33,43H,3-4,6-7,10-12,15,20-23H2,1-2H3/t26-,29?,30+,33?,37-/m0/s1. The average molecular weight is 678 g/mol. The lowest BCUT2D eigenvalue weighted by Crippen LogP contribution is -2.49. The molecule has 1 saturated carbocycles. The molecule has 3 aromatic rings. The summed E-state index contributed by atoms with van der Waals surface area (Å²) in [6.07, 6.45) is 9.93. The lowest BCUT2D eigenvalue weighted by atomic mass is 9.68. The van der Waals surface area contributed by atoms with E-state index in [2.05, 4.69) is 33.9 Å². The Balaban J connectivity index is 1.16. The summed E-state index contributed by atoms with van der Waals surface area (Å²) in [5.74, 6) is 0.706. The third-order valence-electron chi connectivity index (χ3n) is 10.3. The molecule has 250 valence electrons. The first-order chi connectivity index (χ1) is 22.8. The highest BCUT2D eigenvalue weighted by molar-refractivity contribution is 7.99. The Morgan fingerprint density at radius 1 is 1.19 bits per heavy atom. The minimum absolute atomic E-state index is 0.0397. The van der Waals surface area contributed by atoms with Gasteiger partial charge in [-0.15, -0.1) is 0 Å². The first kappa shape index (κ1) is 33.7. The Hall–Kier alpha value is -3.14. The lowest BCUT2D eigenvalue weighted by molar-refractivity contribution is -0.123. The number of anilines is 1. The van der Waals surface area contributed by atoms with Crippen LogP contribution in [-0.4, -0.2) is 65.0 Å². The van der Waals surface area contributed by atoms with E-state index in [4.69, 9.17) is 21.1 Å². The smallest absolute Gasteiger partial charge is 0.337 e. The van der Waals surface area contributed by atoms with Crippen molar-refractivity contribution in [1.82, 2.24) is 9.97 Å². The van der Waals surface area contributed by atoms with Gasteiger partial charge in [0.1, 0.15) is 11.5 Å². The minimum Gasteiger partial charge on any atom is -0.490 e. The van der Waals surface area contributed by atoms with Crippen LogP contribution in [0.1, 0.15) is 79.8 Å². The number of aromatic nitrogens is 2.